The first-order valence-electron chi connectivity index (χ1n) is 7.03. The number of hydrogen-bond acceptors (Lipinski definition) is 3. The normalized spacial score (nSPS) is 21.5. The van der Waals surface area contributed by atoms with Gasteiger partial charge in [0.05, 0.1) is 0 Å². The number of hydrogen-bond donors (Lipinski definition) is 1. The van der Waals surface area contributed by atoms with Crippen LogP contribution in [0.3, 0.4) is 0 Å². The summed E-state index contributed by atoms with van der Waals surface area (Å²) in [5.41, 5.74) is 8.39. The van der Waals surface area contributed by atoms with Gasteiger partial charge in [-0.25, -0.2) is 0 Å². The Bertz CT molecular complexity index is 422. The molecule has 1 saturated heterocycles. The van der Waals surface area contributed by atoms with Gasteiger partial charge in [0.1, 0.15) is 0 Å². The molecule has 0 spiro atoms. The third-order valence-corrected chi connectivity index (χ3v) is 4.74. The van der Waals surface area contributed by atoms with E-state index in [2.05, 4.69) is 57.9 Å². The Kier molecular flexibility index (Phi) is 5.25. The van der Waals surface area contributed by atoms with Crippen LogP contribution < -0.4 is 10.6 Å². The van der Waals surface area contributed by atoms with Crippen molar-refractivity contribution in [3.63, 3.8) is 0 Å². The number of nitrogens with two attached hydrogens (primary N) is 1. The molecule has 1 aromatic rings. The summed E-state index contributed by atoms with van der Waals surface area (Å²) in [6.45, 7) is 6.27. The van der Waals surface area contributed by atoms with Gasteiger partial charge in [-0.15, -0.1) is 0 Å². The third-order valence-electron chi connectivity index (χ3n) is 3.89. The highest BCUT2D eigenvalue weighted by molar-refractivity contribution is 9.10. The summed E-state index contributed by atoms with van der Waals surface area (Å²) >= 11 is 3.64. The zero-order chi connectivity index (χ0) is 13.8. The third kappa shape index (κ3) is 3.71. The molecule has 3 nitrogen and oxygen atoms in total. The Labute approximate surface area is 124 Å². The van der Waals surface area contributed by atoms with Crippen molar-refractivity contribution < 1.29 is 0 Å². The Morgan fingerprint density at radius 3 is 2.84 bits per heavy atom. The summed E-state index contributed by atoms with van der Waals surface area (Å²) < 4.78 is 1.19. The van der Waals surface area contributed by atoms with Crippen LogP contribution in [0.1, 0.15) is 18.4 Å². The molecule has 0 aromatic heterocycles. The molecule has 1 heterocycles. The van der Waals surface area contributed by atoms with Gasteiger partial charge < -0.3 is 15.5 Å². The van der Waals surface area contributed by atoms with Crippen LogP contribution in [0.15, 0.2) is 22.7 Å². The molecule has 2 N–H and O–H groups in total. The molecule has 0 bridgehead atoms. The maximum atomic E-state index is 5.80. The summed E-state index contributed by atoms with van der Waals surface area (Å²) in [4.78, 5) is 4.95. The highest BCUT2D eigenvalue weighted by Gasteiger charge is 2.23. The lowest BCUT2D eigenvalue weighted by Crippen LogP contribution is -2.41. The molecular weight excluding hydrogens is 302 g/mol. The van der Waals surface area contributed by atoms with Gasteiger partial charge in [0.2, 0.25) is 0 Å². The molecule has 1 aromatic carbocycles. The first kappa shape index (κ1) is 14.8. The average molecular weight is 326 g/mol. The molecule has 106 valence electrons. The number of halogens is 1. The van der Waals surface area contributed by atoms with E-state index in [0.29, 0.717) is 6.04 Å². The second kappa shape index (κ2) is 6.73. The van der Waals surface area contributed by atoms with Gasteiger partial charge >= 0.3 is 0 Å². The molecule has 1 atom stereocenters. The van der Waals surface area contributed by atoms with Crippen LogP contribution in [0.25, 0.3) is 0 Å². The number of aryl methyl sites for hydroxylation is 1. The van der Waals surface area contributed by atoms with Crippen molar-refractivity contribution in [3.8, 4) is 0 Å². The predicted octanol–water partition coefficient (Wildman–Crippen LogP) is 2.62. The predicted molar refractivity (Wildman–Crippen MR) is 85.8 cm³/mol. The van der Waals surface area contributed by atoms with Crippen LogP contribution in [-0.4, -0.2) is 44.2 Å². The molecule has 2 rings (SSSR count). The van der Waals surface area contributed by atoms with Crippen molar-refractivity contribution >= 4 is 21.6 Å². The fourth-order valence-electron chi connectivity index (χ4n) is 2.78. The number of benzene rings is 1. The molecule has 4 heteroatoms. The van der Waals surface area contributed by atoms with E-state index in [0.717, 1.165) is 26.1 Å². The van der Waals surface area contributed by atoms with E-state index in [9.17, 15) is 0 Å². The standard InChI is InChI=1S/C15H24BrN3/c1-12-4-5-13(10-15(12)16)19-9-3-8-18(2)11-14(19)6-7-17/h4-5,10,14H,3,6-9,11,17H2,1-2H3. The van der Waals surface area contributed by atoms with Crippen LogP contribution in [0.4, 0.5) is 5.69 Å². The van der Waals surface area contributed by atoms with E-state index in [1.807, 2.05) is 0 Å². The van der Waals surface area contributed by atoms with Crippen molar-refractivity contribution in [1.29, 1.82) is 0 Å². The fraction of sp³-hybridized carbons (Fsp3) is 0.600. The van der Waals surface area contributed by atoms with Crippen LogP contribution in [-0.2, 0) is 0 Å². The molecule has 1 aliphatic rings. The van der Waals surface area contributed by atoms with Crippen LogP contribution in [0.2, 0.25) is 0 Å². The summed E-state index contributed by atoms with van der Waals surface area (Å²) in [6, 6.07) is 7.18. The Morgan fingerprint density at radius 1 is 1.37 bits per heavy atom. The highest BCUT2D eigenvalue weighted by Crippen LogP contribution is 2.27. The van der Waals surface area contributed by atoms with Gasteiger partial charge in [-0.3, -0.25) is 0 Å². The first-order chi connectivity index (χ1) is 9.11. The van der Waals surface area contributed by atoms with E-state index in [-0.39, 0.29) is 0 Å². The summed E-state index contributed by atoms with van der Waals surface area (Å²) in [5.74, 6) is 0. The van der Waals surface area contributed by atoms with Gasteiger partial charge in [0, 0.05) is 29.3 Å². The molecule has 0 radical (unpaired) electrons. The molecule has 0 amide bonds. The average Bonchev–Trinajstić information content (AvgIpc) is 2.55. The Morgan fingerprint density at radius 2 is 2.16 bits per heavy atom. The smallest absolute Gasteiger partial charge is 0.0428 e. The number of rotatable bonds is 3. The van der Waals surface area contributed by atoms with E-state index in [1.54, 1.807) is 0 Å². The monoisotopic (exact) mass is 325 g/mol. The van der Waals surface area contributed by atoms with Crippen molar-refractivity contribution in [2.45, 2.75) is 25.8 Å². The molecule has 0 aliphatic carbocycles. The molecule has 1 unspecified atom stereocenters. The van der Waals surface area contributed by atoms with Crippen molar-refractivity contribution in [3.05, 3.63) is 28.2 Å². The number of anilines is 1. The summed E-state index contributed by atoms with van der Waals surface area (Å²) in [5, 5.41) is 0. The van der Waals surface area contributed by atoms with Crippen LogP contribution >= 0.6 is 15.9 Å². The minimum absolute atomic E-state index is 0.520. The molecular formula is C15H24BrN3. The lowest BCUT2D eigenvalue weighted by atomic mass is 10.1. The van der Waals surface area contributed by atoms with Gasteiger partial charge in [0.25, 0.3) is 0 Å². The van der Waals surface area contributed by atoms with E-state index in [4.69, 9.17) is 5.73 Å². The van der Waals surface area contributed by atoms with Crippen molar-refractivity contribution in [2.24, 2.45) is 5.73 Å². The Hall–Kier alpha value is -0.580. The van der Waals surface area contributed by atoms with Crippen LogP contribution in [0.5, 0.6) is 0 Å². The Balaban J connectivity index is 2.24. The maximum absolute atomic E-state index is 5.80. The van der Waals surface area contributed by atoms with Crippen LogP contribution in [0, 0.1) is 6.92 Å². The topological polar surface area (TPSA) is 32.5 Å². The SMILES string of the molecule is Cc1ccc(N2CCCN(C)CC2CCN)cc1Br. The second-order valence-electron chi connectivity index (χ2n) is 5.47. The summed E-state index contributed by atoms with van der Waals surface area (Å²) in [7, 11) is 2.21. The zero-order valence-electron chi connectivity index (χ0n) is 11.9. The van der Waals surface area contributed by atoms with Gasteiger partial charge in [-0.1, -0.05) is 22.0 Å². The second-order valence-corrected chi connectivity index (χ2v) is 6.33. The molecule has 0 saturated carbocycles. The molecule has 19 heavy (non-hydrogen) atoms. The number of likely N-dealkylation sites (N-methyl/N-ethyl adjacent to an activating group) is 1. The number of nitrogens with zero attached hydrogens (tertiary/aromatic N) is 2. The zero-order valence-corrected chi connectivity index (χ0v) is 13.5. The van der Waals surface area contributed by atoms with E-state index in [1.165, 1.54) is 28.7 Å². The fourth-order valence-corrected chi connectivity index (χ4v) is 3.15. The maximum Gasteiger partial charge on any atom is 0.0428 e. The van der Waals surface area contributed by atoms with Gasteiger partial charge in [-0.2, -0.15) is 0 Å². The minimum Gasteiger partial charge on any atom is -0.367 e. The molecule has 1 fully saturated rings. The lowest BCUT2D eigenvalue weighted by Gasteiger charge is -2.33. The van der Waals surface area contributed by atoms with Gasteiger partial charge in [-0.05, 0) is 57.6 Å². The lowest BCUT2D eigenvalue weighted by molar-refractivity contribution is 0.326. The van der Waals surface area contributed by atoms with E-state index < -0.39 is 0 Å². The quantitative estimate of drug-likeness (QED) is 0.927. The van der Waals surface area contributed by atoms with Crippen molar-refractivity contribution in [2.75, 3.05) is 38.1 Å². The van der Waals surface area contributed by atoms with E-state index >= 15 is 0 Å². The highest BCUT2D eigenvalue weighted by atomic mass is 79.9. The van der Waals surface area contributed by atoms with Gasteiger partial charge in [0.15, 0.2) is 0 Å². The first-order valence-corrected chi connectivity index (χ1v) is 7.82. The minimum atomic E-state index is 0.520. The summed E-state index contributed by atoms with van der Waals surface area (Å²) in [6.07, 6.45) is 2.26. The van der Waals surface area contributed by atoms with Crippen molar-refractivity contribution in [1.82, 2.24) is 4.90 Å². The largest absolute Gasteiger partial charge is 0.367 e. The molecule has 1 aliphatic heterocycles.